The number of nitro groups is 1. The highest BCUT2D eigenvalue weighted by atomic mass is 16.6. The summed E-state index contributed by atoms with van der Waals surface area (Å²) in [4.78, 5) is 23.5. The first-order valence-electron chi connectivity index (χ1n) is 6.25. The summed E-state index contributed by atoms with van der Waals surface area (Å²) in [5, 5.41) is 11.0. The Hall–Kier alpha value is -1.59. The lowest BCUT2D eigenvalue weighted by Gasteiger charge is -2.04. The van der Waals surface area contributed by atoms with Gasteiger partial charge in [0.2, 0.25) is 0 Å². The largest absolute Gasteiger partial charge is 0.450 e. The lowest BCUT2D eigenvalue weighted by Crippen LogP contribution is -2.28. The molecule has 6 nitrogen and oxygen atoms in total. The summed E-state index contributed by atoms with van der Waals surface area (Å²) < 4.78 is 4.83. The van der Waals surface area contributed by atoms with Crippen LogP contribution in [0.3, 0.4) is 0 Å². The Bertz CT molecular complexity index is 356. The second kappa shape index (κ2) is 5.84. The van der Waals surface area contributed by atoms with Gasteiger partial charge >= 0.3 is 11.8 Å². The molecule has 0 spiro atoms. The SMILES string of the molecule is CC/C=C\CC[C@@H]1N(C(=O)OCC)[C@]1(C)[N+](=O)[O-]. The number of amides is 1. The minimum absolute atomic E-state index is 0.228. The van der Waals surface area contributed by atoms with Crippen molar-refractivity contribution < 1.29 is 14.5 Å². The third kappa shape index (κ3) is 2.63. The summed E-state index contributed by atoms with van der Waals surface area (Å²) in [7, 11) is 0. The normalized spacial score (nSPS) is 26.4. The van der Waals surface area contributed by atoms with E-state index in [4.69, 9.17) is 4.74 Å². The van der Waals surface area contributed by atoms with Crippen LogP contribution in [0.5, 0.6) is 0 Å². The van der Waals surface area contributed by atoms with E-state index in [-0.39, 0.29) is 12.6 Å². The van der Waals surface area contributed by atoms with E-state index in [0.29, 0.717) is 6.42 Å². The number of carbonyl (C=O) groups is 1. The number of hydrogen-bond donors (Lipinski definition) is 0. The lowest BCUT2D eigenvalue weighted by molar-refractivity contribution is -0.545. The Balaban J connectivity index is 2.62. The first-order valence-corrected chi connectivity index (χ1v) is 6.25. The van der Waals surface area contributed by atoms with Gasteiger partial charge in [0.05, 0.1) is 11.5 Å². The van der Waals surface area contributed by atoms with Gasteiger partial charge in [-0.1, -0.05) is 19.1 Å². The molecule has 1 aliphatic heterocycles. The molecule has 1 fully saturated rings. The van der Waals surface area contributed by atoms with Crippen LogP contribution in [0.1, 0.15) is 40.0 Å². The van der Waals surface area contributed by atoms with Gasteiger partial charge in [0.15, 0.2) is 0 Å². The zero-order valence-corrected chi connectivity index (χ0v) is 11.1. The fourth-order valence-electron chi connectivity index (χ4n) is 2.10. The van der Waals surface area contributed by atoms with E-state index in [0.717, 1.165) is 12.8 Å². The average molecular weight is 256 g/mol. The Morgan fingerprint density at radius 3 is 2.67 bits per heavy atom. The Kier molecular flexibility index (Phi) is 4.69. The molecule has 2 atom stereocenters. The smallest absolute Gasteiger partial charge is 0.415 e. The molecule has 1 aliphatic rings. The Morgan fingerprint density at radius 2 is 2.17 bits per heavy atom. The Morgan fingerprint density at radius 1 is 1.50 bits per heavy atom. The van der Waals surface area contributed by atoms with Gasteiger partial charge in [-0.25, -0.2) is 9.69 Å². The second-order valence-corrected chi connectivity index (χ2v) is 4.39. The van der Waals surface area contributed by atoms with Crippen molar-refractivity contribution >= 4 is 6.09 Å². The van der Waals surface area contributed by atoms with Gasteiger partial charge in [-0.3, -0.25) is 10.1 Å². The van der Waals surface area contributed by atoms with Crippen molar-refractivity contribution in [2.45, 2.75) is 51.7 Å². The minimum Gasteiger partial charge on any atom is -0.450 e. The highest BCUT2D eigenvalue weighted by Gasteiger charge is 2.73. The van der Waals surface area contributed by atoms with E-state index >= 15 is 0 Å². The molecule has 0 radical (unpaired) electrons. The first-order chi connectivity index (χ1) is 8.50. The van der Waals surface area contributed by atoms with Crippen LogP contribution in [0.4, 0.5) is 4.79 Å². The number of hydrogen-bond acceptors (Lipinski definition) is 4. The predicted octanol–water partition coefficient (Wildman–Crippen LogP) is 2.57. The number of nitrogens with zero attached hydrogens (tertiary/aromatic N) is 2. The highest BCUT2D eigenvalue weighted by Crippen LogP contribution is 2.44. The summed E-state index contributed by atoms with van der Waals surface area (Å²) in [5.74, 6) is 0. The third-order valence-electron chi connectivity index (χ3n) is 3.21. The molecule has 0 aromatic carbocycles. The topological polar surface area (TPSA) is 72.5 Å². The molecule has 0 unspecified atom stereocenters. The van der Waals surface area contributed by atoms with Crippen LogP contribution in [0.25, 0.3) is 0 Å². The van der Waals surface area contributed by atoms with Gasteiger partial charge in [-0.05, 0) is 26.2 Å². The van der Waals surface area contributed by atoms with Crippen molar-refractivity contribution in [3.63, 3.8) is 0 Å². The molecule has 6 heteroatoms. The molecule has 1 amide bonds. The third-order valence-corrected chi connectivity index (χ3v) is 3.21. The van der Waals surface area contributed by atoms with Gasteiger partial charge < -0.3 is 4.74 Å². The molecular weight excluding hydrogens is 236 g/mol. The molecule has 0 bridgehead atoms. The molecule has 1 saturated heterocycles. The van der Waals surface area contributed by atoms with Crippen molar-refractivity contribution in [2.75, 3.05) is 6.61 Å². The standard InChI is InChI=1S/C12H20N2O4/c1-4-6-7-8-9-10-12(3,14(16)17)13(10)11(15)18-5-2/h6-7,10H,4-5,8-9H2,1-3H3/b7-6-/t10-,12+,13?/m0/s1. The van der Waals surface area contributed by atoms with Gasteiger partial charge in [0.25, 0.3) is 0 Å². The monoisotopic (exact) mass is 256 g/mol. The maximum atomic E-state index is 11.6. The quantitative estimate of drug-likeness (QED) is 0.317. The molecule has 1 rings (SSSR count). The van der Waals surface area contributed by atoms with Crippen LogP contribution < -0.4 is 0 Å². The van der Waals surface area contributed by atoms with E-state index in [1.165, 1.54) is 11.8 Å². The van der Waals surface area contributed by atoms with E-state index in [1.807, 2.05) is 19.1 Å². The molecule has 0 aliphatic carbocycles. The van der Waals surface area contributed by atoms with Crippen LogP contribution >= 0.6 is 0 Å². The van der Waals surface area contributed by atoms with E-state index in [1.54, 1.807) is 6.92 Å². The highest BCUT2D eigenvalue weighted by molar-refractivity contribution is 5.72. The number of rotatable bonds is 6. The molecule has 0 aromatic heterocycles. The van der Waals surface area contributed by atoms with E-state index in [2.05, 4.69) is 0 Å². The van der Waals surface area contributed by atoms with Crippen LogP contribution in [0.2, 0.25) is 0 Å². The van der Waals surface area contributed by atoms with Crippen molar-refractivity contribution in [3.8, 4) is 0 Å². The number of carbonyl (C=O) groups excluding carboxylic acids is 1. The summed E-state index contributed by atoms with van der Waals surface area (Å²) in [5.41, 5.74) is -1.30. The van der Waals surface area contributed by atoms with Crippen LogP contribution in [0.15, 0.2) is 12.2 Å². The average Bonchev–Trinajstić information content (AvgIpc) is 2.92. The van der Waals surface area contributed by atoms with Gasteiger partial charge in [0.1, 0.15) is 6.04 Å². The van der Waals surface area contributed by atoms with Crippen molar-refractivity contribution in [3.05, 3.63) is 22.3 Å². The van der Waals surface area contributed by atoms with Crippen LogP contribution in [0, 0.1) is 10.1 Å². The summed E-state index contributed by atoms with van der Waals surface area (Å²) in [6, 6.07) is -0.368. The predicted molar refractivity (Wildman–Crippen MR) is 66.7 cm³/mol. The fourth-order valence-corrected chi connectivity index (χ4v) is 2.10. The molecule has 0 saturated carbocycles. The van der Waals surface area contributed by atoms with Crippen molar-refractivity contribution in [2.24, 2.45) is 0 Å². The number of allylic oxidation sites excluding steroid dienone is 2. The Labute approximate surface area is 107 Å². The summed E-state index contributed by atoms with van der Waals surface area (Å²) in [6.07, 6.45) is 5.67. The summed E-state index contributed by atoms with van der Waals surface area (Å²) >= 11 is 0. The van der Waals surface area contributed by atoms with Crippen LogP contribution in [-0.4, -0.2) is 34.2 Å². The zero-order valence-electron chi connectivity index (χ0n) is 11.1. The fraction of sp³-hybridized carbons (Fsp3) is 0.750. The number of ether oxygens (including phenoxy) is 1. The molecule has 1 heterocycles. The molecule has 0 aromatic rings. The molecular formula is C12H20N2O4. The van der Waals surface area contributed by atoms with Crippen molar-refractivity contribution in [1.82, 2.24) is 4.90 Å². The lowest BCUT2D eigenvalue weighted by atomic mass is 10.1. The van der Waals surface area contributed by atoms with E-state index in [9.17, 15) is 14.9 Å². The molecule has 18 heavy (non-hydrogen) atoms. The maximum absolute atomic E-state index is 11.6. The molecule has 102 valence electrons. The molecule has 0 N–H and O–H groups in total. The van der Waals surface area contributed by atoms with Gasteiger partial charge in [0, 0.05) is 6.92 Å². The van der Waals surface area contributed by atoms with Gasteiger partial charge in [-0.2, -0.15) is 0 Å². The van der Waals surface area contributed by atoms with E-state index < -0.39 is 16.7 Å². The minimum atomic E-state index is -1.30. The van der Waals surface area contributed by atoms with Crippen LogP contribution in [-0.2, 0) is 4.74 Å². The van der Waals surface area contributed by atoms with Gasteiger partial charge in [-0.15, -0.1) is 0 Å². The summed E-state index contributed by atoms with van der Waals surface area (Å²) in [6.45, 7) is 5.41. The van der Waals surface area contributed by atoms with Crippen molar-refractivity contribution in [1.29, 1.82) is 0 Å². The second-order valence-electron chi connectivity index (χ2n) is 4.39. The first kappa shape index (κ1) is 14.5. The zero-order chi connectivity index (χ0) is 13.8. The maximum Gasteiger partial charge on any atom is 0.415 e.